The molecule has 1 N–H and O–H groups in total. The highest BCUT2D eigenvalue weighted by Crippen LogP contribution is 2.31. The summed E-state index contributed by atoms with van der Waals surface area (Å²) in [6, 6.07) is 9.92. The van der Waals surface area contributed by atoms with Gasteiger partial charge in [0.1, 0.15) is 5.60 Å². The second-order valence-electron chi connectivity index (χ2n) is 7.47. The van der Waals surface area contributed by atoms with Gasteiger partial charge in [-0.15, -0.1) is 0 Å². The van der Waals surface area contributed by atoms with Crippen LogP contribution in [-0.4, -0.2) is 52.7 Å². The van der Waals surface area contributed by atoms with Crippen LogP contribution in [0.3, 0.4) is 0 Å². The third kappa shape index (κ3) is 3.63. The van der Waals surface area contributed by atoms with Crippen molar-refractivity contribution < 1.29 is 14.3 Å². The van der Waals surface area contributed by atoms with Crippen molar-refractivity contribution in [3.8, 4) is 0 Å². The number of fused-ring (bicyclic) bond motifs is 2. The highest BCUT2D eigenvalue weighted by molar-refractivity contribution is 5.76. The molecule has 0 aliphatic carbocycles. The van der Waals surface area contributed by atoms with Crippen LogP contribution in [0, 0.1) is 0 Å². The normalized spacial score (nSPS) is 22.6. The van der Waals surface area contributed by atoms with Crippen LogP contribution in [0.5, 0.6) is 0 Å². The van der Waals surface area contributed by atoms with E-state index in [9.17, 15) is 9.59 Å². The standard InChI is InChI=1S/C18H25N3O3/c1-18(2,3)24-17(23)21-12-14-9-15(21)11-20(14)16(22)19-10-13-7-5-4-6-8-13/h4-8,14-15H,9-12H2,1-3H3,(H,19,22). The summed E-state index contributed by atoms with van der Waals surface area (Å²) in [5.74, 6) is 0. The molecule has 1 aromatic rings. The largest absolute Gasteiger partial charge is 0.444 e. The molecule has 3 rings (SSSR count). The van der Waals surface area contributed by atoms with Crippen molar-refractivity contribution in [1.29, 1.82) is 0 Å². The maximum Gasteiger partial charge on any atom is 0.410 e. The Morgan fingerprint density at radius 1 is 1.12 bits per heavy atom. The zero-order chi connectivity index (χ0) is 17.3. The van der Waals surface area contributed by atoms with Gasteiger partial charge in [0.25, 0.3) is 0 Å². The van der Waals surface area contributed by atoms with Crippen molar-refractivity contribution in [2.75, 3.05) is 13.1 Å². The van der Waals surface area contributed by atoms with E-state index in [1.165, 1.54) is 0 Å². The molecule has 3 amide bonds. The molecule has 2 saturated heterocycles. The monoisotopic (exact) mass is 331 g/mol. The minimum absolute atomic E-state index is 0.0600. The van der Waals surface area contributed by atoms with Gasteiger partial charge in [-0.2, -0.15) is 0 Å². The first-order chi connectivity index (χ1) is 11.3. The molecule has 2 aliphatic heterocycles. The van der Waals surface area contributed by atoms with E-state index < -0.39 is 5.60 Å². The van der Waals surface area contributed by atoms with Crippen molar-refractivity contribution in [1.82, 2.24) is 15.1 Å². The van der Waals surface area contributed by atoms with Crippen LogP contribution in [0.1, 0.15) is 32.8 Å². The molecule has 0 radical (unpaired) electrons. The predicted octanol–water partition coefficient (Wildman–Crippen LogP) is 2.59. The molecule has 24 heavy (non-hydrogen) atoms. The molecule has 2 unspecified atom stereocenters. The number of nitrogens with one attached hydrogen (secondary N) is 1. The molecule has 0 saturated carbocycles. The number of nitrogens with zero attached hydrogens (tertiary/aromatic N) is 2. The molecule has 2 aliphatic rings. The maximum atomic E-state index is 12.4. The van der Waals surface area contributed by atoms with Crippen LogP contribution in [0.25, 0.3) is 0 Å². The van der Waals surface area contributed by atoms with Gasteiger partial charge in [0.2, 0.25) is 0 Å². The third-order valence-electron chi connectivity index (χ3n) is 4.42. The lowest BCUT2D eigenvalue weighted by Crippen LogP contribution is -2.53. The fourth-order valence-electron chi connectivity index (χ4n) is 3.33. The topological polar surface area (TPSA) is 61.9 Å². The first-order valence-electron chi connectivity index (χ1n) is 8.41. The Balaban J connectivity index is 1.51. The molecular weight excluding hydrogens is 306 g/mol. The van der Waals surface area contributed by atoms with Crippen LogP contribution in [0.15, 0.2) is 30.3 Å². The van der Waals surface area contributed by atoms with Gasteiger partial charge in [-0.1, -0.05) is 30.3 Å². The van der Waals surface area contributed by atoms with E-state index in [4.69, 9.17) is 4.74 Å². The van der Waals surface area contributed by atoms with Crippen LogP contribution >= 0.6 is 0 Å². The minimum Gasteiger partial charge on any atom is -0.444 e. The highest BCUT2D eigenvalue weighted by Gasteiger charge is 2.48. The van der Waals surface area contributed by atoms with Gasteiger partial charge in [0.05, 0.1) is 12.1 Å². The fraction of sp³-hybridized carbons (Fsp3) is 0.556. The first-order valence-corrected chi connectivity index (χ1v) is 8.41. The van der Waals surface area contributed by atoms with Gasteiger partial charge >= 0.3 is 12.1 Å². The molecule has 1 aromatic carbocycles. The van der Waals surface area contributed by atoms with E-state index in [1.54, 1.807) is 4.90 Å². The second kappa shape index (κ2) is 6.34. The summed E-state index contributed by atoms with van der Waals surface area (Å²) in [6.45, 7) is 7.24. The van der Waals surface area contributed by atoms with Gasteiger partial charge < -0.3 is 19.9 Å². The average Bonchev–Trinajstić information content (AvgIpc) is 3.12. The van der Waals surface area contributed by atoms with Crippen molar-refractivity contribution in [2.24, 2.45) is 0 Å². The smallest absolute Gasteiger partial charge is 0.410 e. The Kier molecular flexibility index (Phi) is 4.39. The molecule has 2 fully saturated rings. The Labute approximate surface area is 142 Å². The minimum atomic E-state index is -0.494. The molecule has 0 spiro atoms. The number of ether oxygens (including phenoxy) is 1. The number of likely N-dealkylation sites (tertiary alicyclic amines) is 2. The van der Waals surface area contributed by atoms with Crippen molar-refractivity contribution >= 4 is 12.1 Å². The Morgan fingerprint density at radius 2 is 1.75 bits per heavy atom. The van der Waals surface area contributed by atoms with E-state index in [0.29, 0.717) is 19.6 Å². The third-order valence-corrected chi connectivity index (χ3v) is 4.42. The number of benzene rings is 1. The number of carbonyl (C=O) groups is 2. The maximum absolute atomic E-state index is 12.4. The predicted molar refractivity (Wildman–Crippen MR) is 90.5 cm³/mol. The zero-order valence-electron chi connectivity index (χ0n) is 14.5. The van der Waals surface area contributed by atoms with Crippen LogP contribution < -0.4 is 5.32 Å². The summed E-state index contributed by atoms with van der Waals surface area (Å²) in [7, 11) is 0. The van der Waals surface area contributed by atoms with Crippen LogP contribution in [0.4, 0.5) is 9.59 Å². The molecule has 2 atom stereocenters. The Bertz CT molecular complexity index is 612. The molecule has 0 aromatic heterocycles. The van der Waals surface area contributed by atoms with Gasteiger partial charge in [0, 0.05) is 19.6 Å². The fourth-order valence-corrected chi connectivity index (χ4v) is 3.33. The number of piperazine rings is 1. The van der Waals surface area contributed by atoms with E-state index in [2.05, 4.69) is 5.32 Å². The summed E-state index contributed by atoms with van der Waals surface area (Å²) >= 11 is 0. The average molecular weight is 331 g/mol. The summed E-state index contributed by atoms with van der Waals surface area (Å²) in [6.07, 6.45) is 0.553. The lowest BCUT2D eigenvalue weighted by molar-refractivity contribution is 0.0152. The van der Waals surface area contributed by atoms with Gasteiger partial charge in [0.15, 0.2) is 0 Å². The summed E-state index contributed by atoms with van der Waals surface area (Å²) < 4.78 is 5.44. The van der Waals surface area contributed by atoms with E-state index in [1.807, 2.05) is 56.0 Å². The summed E-state index contributed by atoms with van der Waals surface area (Å²) in [5.41, 5.74) is 0.580. The number of amides is 3. The van der Waals surface area contributed by atoms with E-state index in [0.717, 1.165) is 12.0 Å². The molecule has 6 heteroatoms. The first kappa shape index (κ1) is 16.6. The molecule has 130 valence electrons. The molecule has 6 nitrogen and oxygen atoms in total. The van der Waals surface area contributed by atoms with E-state index in [-0.39, 0.29) is 24.2 Å². The number of hydrogen-bond acceptors (Lipinski definition) is 3. The van der Waals surface area contributed by atoms with Crippen molar-refractivity contribution in [2.45, 2.75) is 51.4 Å². The highest BCUT2D eigenvalue weighted by atomic mass is 16.6. The van der Waals surface area contributed by atoms with Crippen LogP contribution in [-0.2, 0) is 11.3 Å². The molecule has 2 bridgehead atoms. The molecule has 2 heterocycles. The van der Waals surface area contributed by atoms with Gasteiger partial charge in [-0.3, -0.25) is 0 Å². The summed E-state index contributed by atoms with van der Waals surface area (Å²) in [4.78, 5) is 28.2. The quantitative estimate of drug-likeness (QED) is 0.906. The number of urea groups is 1. The van der Waals surface area contributed by atoms with Crippen molar-refractivity contribution in [3.05, 3.63) is 35.9 Å². The van der Waals surface area contributed by atoms with Gasteiger partial charge in [-0.25, -0.2) is 9.59 Å². The zero-order valence-corrected chi connectivity index (χ0v) is 14.5. The lowest BCUT2D eigenvalue weighted by atomic mass is 10.2. The Morgan fingerprint density at radius 3 is 2.33 bits per heavy atom. The van der Waals surface area contributed by atoms with E-state index >= 15 is 0 Å². The molecular formula is C18H25N3O3. The Hall–Kier alpha value is -2.24. The van der Waals surface area contributed by atoms with Crippen LogP contribution in [0.2, 0.25) is 0 Å². The SMILES string of the molecule is CC(C)(C)OC(=O)N1CC2CC1CN2C(=O)NCc1ccccc1. The van der Waals surface area contributed by atoms with Crippen molar-refractivity contribution in [3.63, 3.8) is 0 Å². The number of rotatable bonds is 2. The van der Waals surface area contributed by atoms with Gasteiger partial charge in [-0.05, 0) is 32.8 Å². The number of carbonyl (C=O) groups excluding carboxylic acids is 2. The second-order valence-corrected chi connectivity index (χ2v) is 7.47. The number of hydrogen-bond donors (Lipinski definition) is 1. The summed E-state index contributed by atoms with van der Waals surface area (Å²) in [5, 5.41) is 2.96. The lowest BCUT2D eigenvalue weighted by Gasteiger charge is -2.35.